The zero-order valence-corrected chi connectivity index (χ0v) is 18.6. The zero-order chi connectivity index (χ0) is 18.1. The van der Waals surface area contributed by atoms with Crippen LogP contribution < -0.4 is 4.72 Å². The van der Waals surface area contributed by atoms with Crippen molar-refractivity contribution >= 4 is 30.6 Å². The number of rotatable bonds is 6. The van der Waals surface area contributed by atoms with Gasteiger partial charge in [-0.25, -0.2) is 13.9 Å². The Morgan fingerprint density at radius 3 is 2.26 bits per heavy atom. The highest BCUT2D eigenvalue weighted by atomic mass is 32.2. The predicted octanol–water partition coefficient (Wildman–Crippen LogP) is 4.57. The summed E-state index contributed by atoms with van der Waals surface area (Å²) in [5.74, 6) is 0. The fourth-order valence-corrected chi connectivity index (χ4v) is 4.02. The lowest BCUT2D eigenvalue weighted by Gasteiger charge is -2.37. The number of aromatic nitrogens is 1. The Morgan fingerprint density at radius 1 is 1.30 bits per heavy atom. The highest BCUT2D eigenvalue weighted by molar-refractivity contribution is 7.84. The summed E-state index contributed by atoms with van der Waals surface area (Å²) in [4.78, 5) is 4.57. The normalized spacial score (nSPS) is 16.4. The maximum absolute atomic E-state index is 12.5. The van der Waals surface area contributed by atoms with Gasteiger partial charge in [-0.15, -0.1) is 11.3 Å². The summed E-state index contributed by atoms with van der Waals surface area (Å²) in [6, 6.07) is -0.144. The summed E-state index contributed by atoms with van der Waals surface area (Å²) in [5, 5.41) is 3.20. The van der Waals surface area contributed by atoms with Crippen LogP contribution in [-0.4, -0.2) is 28.9 Å². The molecular formula is C16H32N2O2S2Si. The summed E-state index contributed by atoms with van der Waals surface area (Å²) >= 11 is 1.61. The second kappa shape index (κ2) is 7.43. The summed E-state index contributed by atoms with van der Waals surface area (Å²) in [5.41, 5.74) is 0.920. The molecule has 0 amide bonds. The topological polar surface area (TPSA) is 51.2 Å². The lowest BCUT2D eigenvalue weighted by Crippen LogP contribution is -2.44. The molecule has 0 bridgehead atoms. The van der Waals surface area contributed by atoms with Gasteiger partial charge in [0.1, 0.15) is 0 Å². The first kappa shape index (κ1) is 21.0. The first-order valence-electron chi connectivity index (χ1n) is 7.98. The Bertz CT molecular complexity index is 545. The molecule has 0 aliphatic carbocycles. The third-order valence-electron chi connectivity index (χ3n) is 4.22. The van der Waals surface area contributed by atoms with Gasteiger partial charge in [0.05, 0.1) is 39.1 Å². The number of hydrogen-bond acceptors (Lipinski definition) is 4. The van der Waals surface area contributed by atoms with Gasteiger partial charge < -0.3 is 4.43 Å². The van der Waals surface area contributed by atoms with Crippen molar-refractivity contribution in [1.29, 1.82) is 0 Å². The SMILES string of the molecule is Cc1nc([C@@H](CO[Si](C)(C)C(C)(C)C)NS(=O)C(C)(C)C)cs1. The van der Waals surface area contributed by atoms with Gasteiger partial charge in [0.15, 0.2) is 8.32 Å². The third kappa shape index (κ3) is 6.05. The third-order valence-corrected chi connectivity index (χ3v) is 11.1. The van der Waals surface area contributed by atoms with Gasteiger partial charge >= 0.3 is 0 Å². The highest BCUT2D eigenvalue weighted by Gasteiger charge is 2.38. The van der Waals surface area contributed by atoms with E-state index in [9.17, 15) is 4.21 Å². The molecule has 23 heavy (non-hydrogen) atoms. The molecule has 4 nitrogen and oxygen atoms in total. The van der Waals surface area contributed by atoms with Gasteiger partial charge in [0.2, 0.25) is 0 Å². The number of aryl methyl sites for hydroxylation is 1. The van der Waals surface area contributed by atoms with E-state index in [1.807, 2.05) is 33.1 Å². The van der Waals surface area contributed by atoms with E-state index in [0.29, 0.717) is 6.61 Å². The summed E-state index contributed by atoms with van der Waals surface area (Å²) in [6.45, 7) is 19.5. The molecule has 1 heterocycles. The predicted molar refractivity (Wildman–Crippen MR) is 104 cm³/mol. The van der Waals surface area contributed by atoms with Crippen molar-refractivity contribution in [1.82, 2.24) is 9.71 Å². The molecule has 1 aromatic heterocycles. The van der Waals surface area contributed by atoms with Crippen LogP contribution in [0, 0.1) is 6.92 Å². The monoisotopic (exact) mass is 376 g/mol. The standard InChI is InChI=1S/C16H32N2O2S2Si/c1-12-17-14(11-21-12)13(18-22(19)15(2,3)4)10-20-23(8,9)16(5,6)7/h11,13,18H,10H2,1-9H3/t13-,22?/m1/s1. The maximum Gasteiger partial charge on any atom is 0.192 e. The average molecular weight is 377 g/mol. The van der Waals surface area contributed by atoms with Crippen molar-refractivity contribution in [3.8, 4) is 0 Å². The fraction of sp³-hybridized carbons (Fsp3) is 0.812. The van der Waals surface area contributed by atoms with Crippen molar-refractivity contribution < 1.29 is 8.63 Å². The maximum atomic E-state index is 12.5. The van der Waals surface area contributed by atoms with Crippen molar-refractivity contribution in [2.75, 3.05) is 6.61 Å². The van der Waals surface area contributed by atoms with Crippen molar-refractivity contribution in [2.45, 2.75) is 77.4 Å². The number of nitrogens with zero attached hydrogens (tertiary/aromatic N) is 1. The van der Waals surface area contributed by atoms with Gasteiger partial charge in [-0.05, 0) is 45.8 Å². The highest BCUT2D eigenvalue weighted by Crippen LogP contribution is 2.37. The smallest absolute Gasteiger partial charge is 0.192 e. The van der Waals surface area contributed by atoms with Crippen molar-refractivity contribution in [3.05, 3.63) is 16.1 Å². The molecule has 1 aromatic rings. The Morgan fingerprint density at radius 2 is 1.87 bits per heavy atom. The molecular weight excluding hydrogens is 344 g/mol. The van der Waals surface area contributed by atoms with E-state index in [1.165, 1.54) is 0 Å². The fourth-order valence-electron chi connectivity index (χ4n) is 1.53. The van der Waals surface area contributed by atoms with E-state index < -0.39 is 19.3 Å². The van der Waals surface area contributed by atoms with Crippen LogP contribution in [0.25, 0.3) is 0 Å². The Hall–Kier alpha value is -0.0831. The minimum atomic E-state index is -1.85. The summed E-state index contributed by atoms with van der Waals surface area (Å²) in [6.07, 6.45) is 0. The molecule has 1 unspecified atom stereocenters. The Kier molecular flexibility index (Phi) is 6.77. The van der Waals surface area contributed by atoms with Gasteiger partial charge in [-0.1, -0.05) is 20.8 Å². The molecule has 7 heteroatoms. The van der Waals surface area contributed by atoms with Gasteiger partial charge in [-0.3, -0.25) is 0 Å². The van der Waals surface area contributed by atoms with Crippen LogP contribution in [-0.2, 0) is 15.4 Å². The van der Waals surface area contributed by atoms with Gasteiger partial charge in [-0.2, -0.15) is 0 Å². The molecule has 0 saturated carbocycles. The Labute approximate surface area is 149 Å². The Balaban J connectivity index is 2.91. The molecule has 0 aromatic carbocycles. The van der Waals surface area contributed by atoms with Crippen LogP contribution in [0.3, 0.4) is 0 Å². The van der Waals surface area contributed by atoms with Crippen LogP contribution in [0.4, 0.5) is 0 Å². The minimum Gasteiger partial charge on any atom is -0.415 e. The number of nitrogens with one attached hydrogen (secondary N) is 1. The second-order valence-electron chi connectivity index (χ2n) is 8.41. The first-order chi connectivity index (χ1) is 10.2. The molecule has 0 fully saturated rings. The quantitative estimate of drug-likeness (QED) is 0.740. The first-order valence-corrected chi connectivity index (χ1v) is 12.9. The summed E-state index contributed by atoms with van der Waals surface area (Å²) < 4.78 is 21.8. The largest absolute Gasteiger partial charge is 0.415 e. The molecule has 1 rings (SSSR count). The lowest BCUT2D eigenvalue weighted by atomic mass is 10.2. The second-order valence-corrected chi connectivity index (χ2v) is 16.3. The average Bonchev–Trinajstić information content (AvgIpc) is 2.78. The van der Waals surface area contributed by atoms with Gasteiger partial charge in [0.25, 0.3) is 0 Å². The van der Waals surface area contributed by atoms with Crippen LogP contribution in [0.2, 0.25) is 18.1 Å². The van der Waals surface area contributed by atoms with Crippen LogP contribution >= 0.6 is 11.3 Å². The molecule has 134 valence electrons. The molecule has 0 radical (unpaired) electrons. The molecule has 0 aliphatic heterocycles. The van der Waals surface area contributed by atoms with Crippen LogP contribution in [0.5, 0.6) is 0 Å². The zero-order valence-electron chi connectivity index (χ0n) is 15.9. The van der Waals surface area contributed by atoms with E-state index in [1.54, 1.807) is 11.3 Å². The molecule has 0 aliphatic rings. The minimum absolute atomic E-state index is 0.144. The van der Waals surface area contributed by atoms with Crippen LogP contribution in [0.1, 0.15) is 58.3 Å². The lowest BCUT2D eigenvalue weighted by molar-refractivity contribution is 0.255. The van der Waals surface area contributed by atoms with Gasteiger partial charge in [0, 0.05) is 5.38 Å². The van der Waals surface area contributed by atoms with E-state index in [2.05, 4.69) is 43.6 Å². The van der Waals surface area contributed by atoms with E-state index in [4.69, 9.17) is 4.43 Å². The van der Waals surface area contributed by atoms with E-state index >= 15 is 0 Å². The van der Waals surface area contributed by atoms with Crippen molar-refractivity contribution in [3.63, 3.8) is 0 Å². The van der Waals surface area contributed by atoms with E-state index in [0.717, 1.165) is 10.7 Å². The number of hydrogen-bond donors (Lipinski definition) is 1. The summed E-state index contributed by atoms with van der Waals surface area (Å²) in [7, 11) is -3.01. The molecule has 0 saturated heterocycles. The van der Waals surface area contributed by atoms with E-state index in [-0.39, 0.29) is 15.8 Å². The van der Waals surface area contributed by atoms with Crippen LogP contribution in [0.15, 0.2) is 5.38 Å². The van der Waals surface area contributed by atoms with Crippen molar-refractivity contribution in [2.24, 2.45) is 0 Å². The molecule has 2 atom stereocenters. The molecule has 0 spiro atoms. The molecule has 1 N–H and O–H groups in total. The number of thiazole rings is 1.